The van der Waals surface area contributed by atoms with Gasteiger partial charge in [-0.25, -0.2) is 0 Å². The number of hydrogen-bond acceptors (Lipinski definition) is 2. The fourth-order valence-electron chi connectivity index (χ4n) is 3.38. The number of nitrogens with zero attached hydrogens (tertiary/aromatic N) is 1. The zero-order valence-electron chi connectivity index (χ0n) is 12.6. The van der Waals surface area contributed by atoms with Crippen LogP contribution < -0.4 is 5.32 Å². The summed E-state index contributed by atoms with van der Waals surface area (Å²) in [6.45, 7) is 11.7. The molecule has 2 nitrogen and oxygen atoms in total. The van der Waals surface area contributed by atoms with E-state index in [4.69, 9.17) is 0 Å². The Morgan fingerprint density at radius 3 is 2.12 bits per heavy atom. The van der Waals surface area contributed by atoms with Crippen molar-refractivity contribution >= 4 is 0 Å². The minimum atomic E-state index is 0.313. The fourth-order valence-corrected chi connectivity index (χ4v) is 3.38. The van der Waals surface area contributed by atoms with Gasteiger partial charge >= 0.3 is 0 Å². The van der Waals surface area contributed by atoms with Gasteiger partial charge in [0.1, 0.15) is 0 Å². The second-order valence-corrected chi connectivity index (χ2v) is 5.76. The number of nitrogens with one attached hydrogen (secondary N) is 1. The third-order valence-corrected chi connectivity index (χ3v) is 5.09. The molecule has 0 aromatic carbocycles. The lowest BCUT2D eigenvalue weighted by molar-refractivity contribution is 0.0561. The van der Waals surface area contributed by atoms with E-state index in [2.05, 4.69) is 45.0 Å². The van der Waals surface area contributed by atoms with Gasteiger partial charge in [-0.2, -0.15) is 0 Å². The Labute approximate surface area is 108 Å². The molecular weight excluding hydrogens is 208 g/mol. The quantitative estimate of drug-likeness (QED) is 0.700. The summed E-state index contributed by atoms with van der Waals surface area (Å²) in [5.41, 5.74) is 0.313. The Morgan fingerprint density at radius 2 is 1.82 bits per heavy atom. The van der Waals surface area contributed by atoms with Gasteiger partial charge in [0.15, 0.2) is 0 Å². The molecule has 102 valence electrons. The topological polar surface area (TPSA) is 15.3 Å². The number of likely N-dealkylation sites (N-methyl/N-ethyl adjacent to an activating group) is 2. The average molecular weight is 240 g/mol. The maximum atomic E-state index is 3.60. The maximum Gasteiger partial charge on any atom is 0.0331 e. The second kappa shape index (κ2) is 6.75. The monoisotopic (exact) mass is 240 g/mol. The molecule has 0 aromatic rings. The highest BCUT2D eigenvalue weighted by molar-refractivity contribution is 4.97. The van der Waals surface area contributed by atoms with Gasteiger partial charge < -0.3 is 5.32 Å². The molecule has 0 spiro atoms. The number of hydrogen-bond donors (Lipinski definition) is 1. The van der Waals surface area contributed by atoms with Crippen LogP contribution >= 0.6 is 0 Å². The molecule has 1 fully saturated rings. The molecule has 0 aromatic heterocycles. The standard InChI is InChI=1S/C15H32N2/c1-6-15(4,17(7-2)8-3)14(16-5)12-13-10-9-11-13/h13-14,16H,6-12H2,1-5H3. The minimum Gasteiger partial charge on any atom is -0.315 e. The van der Waals surface area contributed by atoms with Crippen LogP contribution in [0.2, 0.25) is 0 Å². The van der Waals surface area contributed by atoms with E-state index >= 15 is 0 Å². The molecule has 1 N–H and O–H groups in total. The van der Waals surface area contributed by atoms with E-state index in [0.717, 1.165) is 19.0 Å². The molecule has 1 aliphatic carbocycles. The Morgan fingerprint density at radius 1 is 1.24 bits per heavy atom. The molecule has 0 bridgehead atoms. The summed E-state index contributed by atoms with van der Waals surface area (Å²) in [5, 5.41) is 3.60. The predicted molar refractivity (Wildman–Crippen MR) is 76.4 cm³/mol. The SMILES string of the molecule is CCN(CC)C(C)(CC)C(CC1CCC1)NC. The van der Waals surface area contributed by atoms with E-state index in [0.29, 0.717) is 11.6 Å². The van der Waals surface area contributed by atoms with Crippen LogP contribution in [-0.4, -0.2) is 36.6 Å². The van der Waals surface area contributed by atoms with E-state index in [1.165, 1.54) is 32.1 Å². The van der Waals surface area contributed by atoms with Crippen LogP contribution in [0.15, 0.2) is 0 Å². The van der Waals surface area contributed by atoms with Crippen molar-refractivity contribution in [2.75, 3.05) is 20.1 Å². The molecular formula is C15H32N2. The molecule has 0 saturated heterocycles. The van der Waals surface area contributed by atoms with Gasteiger partial charge in [-0.3, -0.25) is 4.90 Å². The van der Waals surface area contributed by atoms with E-state index in [-0.39, 0.29) is 0 Å². The first kappa shape index (κ1) is 15.0. The third kappa shape index (κ3) is 3.23. The van der Waals surface area contributed by atoms with Gasteiger partial charge in [0.25, 0.3) is 0 Å². The van der Waals surface area contributed by atoms with Gasteiger partial charge in [0.2, 0.25) is 0 Å². The zero-order valence-corrected chi connectivity index (χ0v) is 12.6. The molecule has 1 rings (SSSR count). The summed E-state index contributed by atoms with van der Waals surface area (Å²) in [6, 6.07) is 0.637. The van der Waals surface area contributed by atoms with Crippen LogP contribution in [0.1, 0.15) is 59.8 Å². The van der Waals surface area contributed by atoms with Crippen molar-refractivity contribution in [3.63, 3.8) is 0 Å². The van der Waals surface area contributed by atoms with Crippen molar-refractivity contribution in [3.05, 3.63) is 0 Å². The van der Waals surface area contributed by atoms with E-state index < -0.39 is 0 Å². The van der Waals surface area contributed by atoms with Gasteiger partial charge in [-0.1, -0.05) is 40.0 Å². The summed E-state index contributed by atoms with van der Waals surface area (Å²) < 4.78 is 0. The lowest BCUT2D eigenvalue weighted by Crippen LogP contribution is -2.59. The van der Waals surface area contributed by atoms with Crippen molar-refractivity contribution < 1.29 is 0 Å². The first-order valence-corrected chi connectivity index (χ1v) is 7.54. The van der Waals surface area contributed by atoms with E-state index in [9.17, 15) is 0 Å². The Balaban J connectivity index is 2.70. The molecule has 17 heavy (non-hydrogen) atoms. The fraction of sp³-hybridized carbons (Fsp3) is 1.00. The molecule has 0 aliphatic heterocycles. The Hall–Kier alpha value is -0.0800. The highest BCUT2D eigenvalue weighted by atomic mass is 15.2. The summed E-state index contributed by atoms with van der Waals surface area (Å²) in [6.07, 6.45) is 6.95. The first-order chi connectivity index (χ1) is 8.12. The van der Waals surface area contributed by atoms with Crippen LogP contribution in [0.5, 0.6) is 0 Å². The summed E-state index contributed by atoms with van der Waals surface area (Å²) in [4.78, 5) is 2.63. The molecule has 1 aliphatic rings. The van der Waals surface area contributed by atoms with E-state index in [1.54, 1.807) is 0 Å². The first-order valence-electron chi connectivity index (χ1n) is 7.54. The van der Waals surface area contributed by atoms with Crippen LogP contribution in [0.25, 0.3) is 0 Å². The molecule has 2 unspecified atom stereocenters. The van der Waals surface area contributed by atoms with Crippen LogP contribution in [0.3, 0.4) is 0 Å². The molecule has 0 amide bonds. The predicted octanol–water partition coefficient (Wildman–Crippen LogP) is 3.28. The third-order valence-electron chi connectivity index (χ3n) is 5.09. The normalized spacial score (nSPS) is 22.2. The van der Waals surface area contributed by atoms with E-state index in [1.807, 2.05) is 0 Å². The smallest absolute Gasteiger partial charge is 0.0331 e. The zero-order chi connectivity index (χ0) is 12.9. The summed E-state index contributed by atoms with van der Waals surface area (Å²) >= 11 is 0. The molecule has 1 saturated carbocycles. The van der Waals surface area contributed by atoms with Crippen LogP contribution in [-0.2, 0) is 0 Å². The maximum absolute atomic E-state index is 3.60. The molecule has 2 heteroatoms. The van der Waals surface area contributed by atoms with Crippen molar-refractivity contribution in [3.8, 4) is 0 Å². The molecule has 0 radical (unpaired) electrons. The lowest BCUT2D eigenvalue weighted by atomic mass is 9.75. The van der Waals surface area contributed by atoms with Gasteiger partial charge in [-0.15, -0.1) is 0 Å². The average Bonchev–Trinajstić information content (AvgIpc) is 2.29. The summed E-state index contributed by atoms with van der Waals surface area (Å²) in [5.74, 6) is 0.980. The minimum absolute atomic E-state index is 0.313. The number of rotatable bonds is 8. The Bertz CT molecular complexity index is 209. The lowest BCUT2D eigenvalue weighted by Gasteiger charge is -2.47. The van der Waals surface area contributed by atoms with Crippen molar-refractivity contribution in [2.24, 2.45) is 5.92 Å². The van der Waals surface area contributed by atoms with Crippen molar-refractivity contribution in [2.45, 2.75) is 71.4 Å². The largest absolute Gasteiger partial charge is 0.315 e. The van der Waals surface area contributed by atoms with Crippen LogP contribution in [0, 0.1) is 5.92 Å². The van der Waals surface area contributed by atoms with Gasteiger partial charge in [0.05, 0.1) is 0 Å². The van der Waals surface area contributed by atoms with Gasteiger partial charge in [0, 0.05) is 11.6 Å². The molecule has 2 atom stereocenters. The molecule has 0 heterocycles. The highest BCUT2D eigenvalue weighted by Crippen LogP contribution is 2.35. The van der Waals surface area contributed by atoms with Crippen molar-refractivity contribution in [1.82, 2.24) is 10.2 Å². The highest BCUT2D eigenvalue weighted by Gasteiger charge is 2.37. The summed E-state index contributed by atoms with van der Waals surface area (Å²) in [7, 11) is 2.14. The van der Waals surface area contributed by atoms with Gasteiger partial charge in [-0.05, 0) is 45.8 Å². The second-order valence-electron chi connectivity index (χ2n) is 5.76. The van der Waals surface area contributed by atoms with Crippen LogP contribution in [0.4, 0.5) is 0 Å². The van der Waals surface area contributed by atoms with Crippen molar-refractivity contribution in [1.29, 1.82) is 0 Å². The Kier molecular flexibility index (Phi) is 5.94.